The van der Waals surface area contributed by atoms with E-state index < -0.39 is 0 Å². The summed E-state index contributed by atoms with van der Waals surface area (Å²) < 4.78 is 6.95. The third-order valence-corrected chi connectivity index (χ3v) is 16.4. The Labute approximate surface area is 443 Å². The molecule has 3 heteroatoms. The molecule has 0 aliphatic heterocycles. The number of nitrogens with zero attached hydrogens (tertiary/aromatic N) is 2. The summed E-state index contributed by atoms with van der Waals surface area (Å²) in [6, 6.07) is 73.6. The Kier molecular flexibility index (Phi) is 11.6. The van der Waals surface area contributed by atoms with Crippen LogP contribution in [0.4, 0.5) is 34.1 Å². The van der Waals surface area contributed by atoms with E-state index in [1.54, 1.807) is 0 Å². The molecule has 3 nitrogen and oxygen atoms in total. The number of furan rings is 1. The monoisotopic (exact) mass is 975 g/mol. The fraction of sp³-hybridized carbons (Fsp3) is 0.222. The average molecular weight is 975 g/mol. The van der Waals surface area contributed by atoms with Crippen molar-refractivity contribution >= 4 is 77.6 Å². The molecular formula is C72H66N2O. The molecule has 0 radical (unpaired) electrons. The van der Waals surface area contributed by atoms with Crippen molar-refractivity contribution in [2.45, 2.75) is 104 Å². The number of aryl methyl sites for hydroxylation is 4. The van der Waals surface area contributed by atoms with Crippen LogP contribution >= 0.6 is 0 Å². The van der Waals surface area contributed by atoms with Gasteiger partial charge in [-0.3, -0.25) is 0 Å². The number of fused-ring (bicyclic) bond motifs is 7. The fourth-order valence-corrected chi connectivity index (χ4v) is 12.2. The second kappa shape index (κ2) is 18.5. The minimum atomic E-state index is 0.0486. The molecule has 1 aromatic heterocycles. The molecule has 1 heterocycles. The number of anilines is 6. The maximum Gasteiger partial charge on any atom is 0.136 e. The lowest BCUT2D eigenvalue weighted by Crippen LogP contribution is -2.15. The fourth-order valence-electron chi connectivity index (χ4n) is 12.2. The summed E-state index contributed by atoms with van der Waals surface area (Å²) in [5, 5.41) is 6.94. The van der Waals surface area contributed by atoms with Gasteiger partial charge in [0.1, 0.15) is 11.2 Å². The van der Waals surface area contributed by atoms with Gasteiger partial charge in [0, 0.05) is 44.6 Å². The van der Waals surface area contributed by atoms with Gasteiger partial charge in [0.2, 0.25) is 0 Å². The number of rotatable bonds is 8. The molecule has 0 fully saturated rings. The highest BCUT2D eigenvalue weighted by Crippen LogP contribution is 2.48. The standard InChI is InChI=1S/C72H66N2O/c1-71(2,3)57-27-33-59(34-28-57)73(67-43-51-23-15-13-21-49(51)39-63(67)47-17-9-7-10-18-47)61-31-25-53-41-65-66-42-54-26-32-62(38-56(54)46-70(66)75-69(65)45-55(53)37-61)74(60-35-29-58(30-36-60)72(4,5)6)68-44-52-24-16-14-22-50(52)40-64(68)48-19-11-8-12-20-48/h7-12,17-20,25-46H,13-16,21-24H2,1-6H3. The molecule has 0 saturated carbocycles. The van der Waals surface area contributed by atoms with Crippen molar-refractivity contribution in [1.82, 2.24) is 0 Å². The van der Waals surface area contributed by atoms with Gasteiger partial charge >= 0.3 is 0 Å². The molecule has 0 saturated heterocycles. The first-order valence-corrected chi connectivity index (χ1v) is 27.5. The van der Waals surface area contributed by atoms with Gasteiger partial charge in [0.05, 0.1) is 11.4 Å². The van der Waals surface area contributed by atoms with Crippen LogP contribution in [0.15, 0.2) is 199 Å². The number of hydrogen-bond donors (Lipinski definition) is 0. The Morgan fingerprint density at radius 3 is 1.07 bits per heavy atom. The lowest BCUT2D eigenvalue weighted by Gasteiger charge is -2.31. The molecule has 0 N–H and O–H groups in total. The number of benzene rings is 10. The minimum absolute atomic E-state index is 0.0486. The van der Waals surface area contributed by atoms with E-state index in [0.29, 0.717) is 0 Å². The topological polar surface area (TPSA) is 19.6 Å². The predicted molar refractivity (Wildman–Crippen MR) is 320 cm³/mol. The van der Waals surface area contributed by atoms with E-state index in [4.69, 9.17) is 4.42 Å². The Morgan fingerprint density at radius 1 is 0.333 bits per heavy atom. The van der Waals surface area contributed by atoms with E-state index in [2.05, 4.69) is 245 Å². The van der Waals surface area contributed by atoms with Crippen molar-refractivity contribution in [3.8, 4) is 22.3 Å². The van der Waals surface area contributed by atoms with Crippen LogP contribution in [-0.4, -0.2) is 0 Å². The third-order valence-electron chi connectivity index (χ3n) is 16.4. The maximum atomic E-state index is 6.95. The summed E-state index contributed by atoms with van der Waals surface area (Å²) in [6.45, 7) is 13.7. The molecule has 2 aliphatic carbocycles. The van der Waals surface area contributed by atoms with Gasteiger partial charge in [-0.25, -0.2) is 0 Å². The van der Waals surface area contributed by atoms with Crippen LogP contribution in [0.2, 0.25) is 0 Å². The zero-order valence-corrected chi connectivity index (χ0v) is 44.4. The Hall–Kier alpha value is -7.88. The van der Waals surface area contributed by atoms with E-state index in [-0.39, 0.29) is 10.8 Å². The summed E-state index contributed by atoms with van der Waals surface area (Å²) >= 11 is 0. The van der Waals surface area contributed by atoms with Crippen LogP contribution in [-0.2, 0) is 36.5 Å². The highest BCUT2D eigenvalue weighted by molar-refractivity contribution is 6.14. The zero-order chi connectivity index (χ0) is 51.0. The molecule has 13 rings (SSSR count). The molecule has 0 spiro atoms. The summed E-state index contributed by atoms with van der Waals surface area (Å²) in [5.74, 6) is 0. The van der Waals surface area contributed by atoms with Crippen LogP contribution in [0.1, 0.15) is 101 Å². The van der Waals surface area contributed by atoms with Gasteiger partial charge in [-0.2, -0.15) is 0 Å². The third kappa shape index (κ3) is 8.76. The van der Waals surface area contributed by atoms with Crippen molar-refractivity contribution < 1.29 is 4.42 Å². The second-order valence-electron chi connectivity index (χ2n) is 23.5. The lowest BCUT2D eigenvalue weighted by atomic mass is 9.86. The largest absolute Gasteiger partial charge is 0.456 e. The van der Waals surface area contributed by atoms with Crippen LogP contribution in [0.25, 0.3) is 65.7 Å². The summed E-state index contributed by atoms with van der Waals surface area (Å²) in [4.78, 5) is 4.98. The van der Waals surface area contributed by atoms with Crippen molar-refractivity contribution in [1.29, 1.82) is 0 Å². The molecular weight excluding hydrogens is 909 g/mol. The molecule has 0 unspecified atom stereocenters. The minimum Gasteiger partial charge on any atom is -0.456 e. The van der Waals surface area contributed by atoms with Crippen molar-refractivity contribution in [2.75, 3.05) is 9.80 Å². The van der Waals surface area contributed by atoms with Gasteiger partial charge < -0.3 is 14.2 Å². The van der Waals surface area contributed by atoms with Crippen molar-refractivity contribution in [2.24, 2.45) is 0 Å². The SMILES string of the molecule is CC(C)(C)c1ccc(N(c2ccc3cc4c(cc3c2)oc2cc3cc(N(c5ccc(C(C)(C)C)cc5)c5cc6c(cc5-c5ccccc5)CCCC6)ccc3cc24)c2cc3c(cc2-c2ccccc2)CCCC3)cc1. The van der Waals surface area contributed by atoms with Crippen molar-refractivity contribution in [3.05, 3.63) is 228 Å². The van der Waals surface area contributed by atoms with Gasteiger partial charge in [0.25, 0.3) is 0 Å². The normalized spacial score (nSPS) is 13.8. The zero-order valence-electron chi connectivity index (χ0n) is 44.4. The molecule has 11 aromatic rings. The first kappa shape index (κ1) is 46.9. The Bertz CT molecular complexity index is 3690. The highest BCUT2D eigenvalue weighted by Gasteiger charge is 2.26. The predicted octanol–water partition coefficient (Wildman–Crippen LogP) is 20.5. The Balaban J connectivity index is 0.942. The molecule has 75 heavy (non-hydrogen) atoms. The number of hydrogen-bond acceptors (Lipinski definition) is 3. The highest BCUT2D eigenvalue weighted by atomic mass is 16.3. The molecule has 0 bridgehead atoms. The van der Waals surface area contributed by atoms with Crippen molar-refractivity contribution in [3.63, 3.8) is 0 Å². The lowest BCUT2D eigenvalue weighted by molar-refractivity contribution is 0.590. The smallest absolute Gasteiger partial charge is 0.136 e. The molecule has 0 atom stereocenters. The summed E-state index contributed by atoms with van der Waals surface area (Å²) in [6.07, 6.45) is 9.43. The summed E-state index contributed by atoms with van der Waals surface area (Å²) in [5.41, 5.74) is 22.4. The van der Waals surface area contributed by atoms with Gasteiger partial charge in [-0.1, -0.05) is 139 Å². The average Bonchev–Trinajstić information content (AvgIpc) is 3.80. The van der Waals surface area contributed by atoms with E-state index >= 15 is 0 Å². The molecule has 0 amide bonds. The first-order chi connectivity index (χ1) is 36.4. The molecule has 2 aliphatic rings. The van der Waals surface area contributed by atoms with Gasteiger partial charge in [-0.05, 0) is 225 Å². The summed E-state index contributed by atoms with van der Waals surface area (Å²) in [7, 11) is 0. The van der Waals surface area contributed by atoms with Crippen LogP contribution in [0, 0.1) is 0 Å². The van der Waals surface area contributed by atoms with Gasteiger partial charge in [-0.15, -0.1) is 0 Å². The van der Waals surface area contributed by atoms with E-state index in [1.807, 2.05) is 0 Å². The first-order valence-electron chi connectivity index (χ1n) is 27.5. The maximum absolute atomic E-state index is 6.95. The van der Waals surface area contributed by atoms with Crippen LogP contribution in [0.3, 0.4) is 0 Å². The van der Waals surface area contributed by atoms with E-state index in [1.165, 1.54) is 103 Å². The van der Waals surface area contributed by atoms with Crippen LogP contribution < -0.4 is 9.80 Å². The van der Waals surface area contributed by atoms with Crippen LogP contribution in [0.5, 0.6) is 0 Å². The second-order valence-corrected chi connectivity index (χ2v) is 23.5. The molecule has 370 valence electrons. The van der Waals surface area contributed by atoms with E-state index in [0.717, 1.165) is 81.1 Å². The quantitative estimate of drug-likeness (QED) is 0.151. The Morgan fingerprint density at radius 2 is 0.693 bits per heavy atom. The molecule has 10 aromatic carbocycles. The van der Waals surface area contributed by atoms with E-state index in [9.17, 15) is 0 Å². The van der Waals surface area contributed by atoms with Gasteiger partial charge in [0.15, 0.2) is 0 Å².